The van der Waals surface area contributed by atoms with Crippen molar-refractivity contribution in [1.82, 2.24) is 19.9 Å². The van der Waals surface area contributed by atoms with Gasteiger partial charge in [-0.1, -0.05) is 19.9 Å². The molecule has 1 N–H and O–H groups in total. The highest BCUT2D eigenvalue weighted by molar-refractivity contribution is 9.10. The van der Waals surface area contributed by atoms with Crippen LogP contribution in [0.5, 0.6) is 11.5 Å². The monoisotopic (exact) mass is 430 g/mol. The molecule has 0 radical (unpaired) electrons. The average Bonchev–Trinajstić information content (AvgIpc) is 3.09. The van der Waals surface area contributed by atoms with E-state index < -0.39 is 0 Å². The number of hydrogen-bond donors (Lipinski definition) is 1. The van der Waals surface area contributed by atoms with Gasteiger partial charge in [0.2, 0.25) is 0 Å². The molecule has 3 aromatic rings. The van der Waals surface area contributed by atoms with Gasteiger partial charge >= 0.3 is 0 Å². The molecule has 1 aliphatic rings. The fourth-order valence-corrected chi connectivity index (χ4v) is 3.62. The molecule has 0 unspecified atom stereocenters. The number of fused-ring (bicyclic) bond motifs is 2. The van der Waals surface area contributed by atoms with Crippen molar-refractivity contribution in [2.75, 3.05) is 13.2 Å². The molecular formula is C19H19BrN4O3. The number of aromatic nitrogens is 3. The largest absolute Gasteiger partial charge is 0.486 e. The lowest BCUT2D eigenvalue weighted by Crippen LogP contribution is -2.33. The van der Waals surface area contributed by atoms with Gasteiger partial charge in [-0.05, 0) is 46.1 Å². The molecule has 0 aliphatic carbocycles. The molecule has 0 saturated carbocycles. The van der Waals surface area contributed by atoms with Crippen molar-refractivity contribution in [3.05, 3.63) is 52.4 Å². The predicted molar refractivity (Wildman–Crippen MR) is 103 cm³/mol. The summed E-state index contributed by atoms with van der Waals surface area (Å²) in [6.07, 6.45) is 1.90. The van der Waals surface area contributed by atoms with Crippen molar-refractivity contribution in [1.29, 1.82) is 0 Å². The smallest absolute Gasteiger partial charge is 0.252 e. The van der Waals surface area contributed by atoms with Gasteiger partial charge in [0.1, 0.15) is 13.2 Å². The Balaban J connectivity index is 1.65. The second-order valence-electron chi connectivity index (χ2n) is 6.66. The van der Waals surface area contributed by atoms with Crippen molar-refractivity contribution in [3.63, 3.8) is 0 Å². The van der Waals surface area contributed by atoms with Crippen LogP contribution in [0.25, 0.3) is 5.65 Å². The number of nitrogens with zero attached hydrogens (tertiary/aromatic N) is 3. The number of pyridine rings is 1. The Bertz CT molecular complexity index is 1000. The summed E-state index contributed by atoms with van der Waals surface area (Å²) >= 11 is 3.46. The Morgan fingerprint density at radius 3 is 2.85 bits per heavy atom. The molecule has 1 aliphatic heterocycles. The molecule has 27 heavy (non-hydrogen) atoms. The summed E-state index contributed by atoms with van der Waals surface area (Å²) in [5.74, 6) is 1.81. The molecule has 0 fully saturated rings. The van der Waals surface area contributed by atoms with Crippen LogP contribution in [-0.2, 0) is 0 Å². The SMILES string of the molecule is CC(C)[C@H](NC(=O)c1cc(Br)c2c(c1)OCCO2)c1nnc2ccccn12. The van der Waals surface area contributed by atoms with Gasteiger partial charge in [0, 0.05) is 11.8 Å². The molecule has 0 saturated heterocycles. The lowest BCUT2D eigenvalue weighted by Gasteiger charge is -2.23. The van der Waals surface area contributed by atoms with Crippen LogP contribution in [0.15, 0.2) is 41.0 Å². The molecule has 4 rings (SSSR count). The fraction of sp³-hybridized carbons (Fsp3) is 0.316. The van der Waals surface area contributed by atoms with Crippen LogP contribution < -0.4 is 14.8 Å². The zero-order valence-electron chi connectivity index (χ0n) is 15.0. The maximum Gasteiger partial charge on any atom is 0.252 e. The minimum Gasteiger partial charge on any atom is -0.486 e. The number of hydrogen-bond acceptors (Lipinski definition) is 5. The van der Waals surface area contributed by atoms with Gasteiger partial charge in [-0.15, -0.1) is 10.2 Å². The van der Waals surface area contributed by atoms with Crippen LogP contribution in [0.4, 0.5) is 0 Å². The Kier molecular flexibility index (Phi) is 4.73. The normalized spacial score (nSPS) is 14.4. The third-order valence-electron chi connectivity index (χ3n) is 4.43. The van der Waals surface area contributed by atoms with Crippen LogP contribution >= 0.6 is 15.9 Å². The van der Waals surface area contributed by atoms with E-state index in [1.807, 2.05) is 42.6 Å². The summed E-state index contributed by atoms with van der Waals surface area (Å²) in [5, 5.41) is 11.6. The molecule has 1 atom stereocenters. The number of ether oxygens (including phenoxy) is 2. The number of halogens is 1. The summed E-state index contributed by atoms with van der Waals surface area (Å²) in [6, 6.07) is 8.85. The molecular weight excluding hydrogens is 412 g/mol. The second-order valence-corrected chi connectivity index (χ2v) is 7.52. The fourth-order valence-electron chi connectivity index (χ4n) is 3.07. The van der Waals surface area contributed by atoms with Crippen molar-refractivity contribution < 1.29 is 14.3 Å². The highest BCUT2D eigenvalue weighted by atomic mass is 79.9. The molecule has 0 spiro atoms. The van der Waals surface area contributed by atoms with Crippen molar-refractivity contribution in [2.24, 2.45) is 5.92 Å². The Morgan fingerprint density at radius 2 is 2.04 bits per heavy atom. The van der Waals surface area contributed by atoms with Gasteiger partial charge in [0.15, 0.2) is 23.0 Å². The molecule has 1 aromatic carbocycles. The van der Waals surface area contributed by atoms with Gasteiger partial charge in [-0.2, -0.15) is 0 Å². The zero-order valence-corrected chi connectivity index (χ0v) is 16.6. The second kappa shape index (κ2) is 7.19. The van der Waals surface area contributed by atoms with E-state index in [9.17, 15) is 4.79 Å². The van der Waals surface area contributed by atoms with Gasteiger partial charge in [0.05, 0.1) is 10.5 Å². The molecule has 3 heterocycles. The summed E-state index contributed by atoms with van der Waals surface area (Å²) in [7, 11) is 0. The maximum absolute atomic E-state index is 12.9. The Hall–Kier alpha value is -2.61. The maximum atomic E-state index is 12.9. The lowest BCUT2D eigenvalue weighted by molar-refractivity contribution is 0.0921. The topological polar surface area (TPSA) is 77.8 Å². The summed E-state index contributed by atoms with van der Waals surface area (Å²) < 4.78 is 13.8. The molecule has 7 nitrogen and oxygen atoms in total. The van der Waals surface area contributed by atoms with E-state index in [0.717, 1.165) is 5.65 Å². The Morgan fingerprint density at radius 1 is 1.22 bits per heavy atom. The number of nitrogens with one attached hydrogen (secondary N) is 1. The van der Waals surface area contributed by atoms with E-state index in [4.69, 9.17) is 9.47 Å². The van der Waals surface area contributed by atoms with Crippen LogP contribution in [0, 0.1) is 5.92 Å². The first-order valence-corrected chi connectivity index (χ1v) is 9.53. The summed E-state index contributed by atoms with van der Waals surface area (Å²) in [5.41, 5.74) is 1.24. The third kappa shape index (κ3) is 3.37. The highest BCUT2D eigenvalue weighted by Gasteiger charge is 2.25. The molecule has 0 bridgehead atoms. The minimum absolute atomic E-state index is 0.127. The van der Waals surface area contributed by atoms with Crippen LogP contribution in [-0.4, -0.2) is 33.7 Å². The van der Waals surface area contributed by atoms with E-state index in [1.165, 1.54) is 0 Å². The number of amides is 1. The van der Waals surface area contributed by atoms with Gasteiger partial charge < -0.3 is 14.8 Å². The van der Waals surface area contributed by atoms with E-state index in [1.54, 1.807) is 12.1 Å². The van der Waals surface area contributed by atoms with Crippen LogP contribution in [0.3, 0.4) is 0 Å². The lowest BCUT2D eigenvalue weighted by atomic mass is 10.0. The quantitative estimate of drug-likeness (QED) is 0.686. The van der Waals surface area contributed by atoms with Crippen molar-refractivity contribution in [2.45, 2.75) is 19.9 Å². The first-order chi connectivity index (χ1) is 13.0. The Labute approximate surface area is 164 Å². The van der Waals surface area contributed by atoms with E-state index in [-0.39, 0.29) is 17.9 Å². The third-order valence-corrected chi connectivity index (χ3v) is 5.02. The number of carbonyl (C=O) groups excluding carboxylic acids is 1. The first kappa shape index (κ1) is 17.8. The highest BCUT2D eigenvalue weighted by Crippen LogP contribution is 2.38. The van der Waals surface area contributed by atoms with Crippen molar-refractivity contribution in [3.8, 4) is 11.5 Å². The molecule has 140 valence electrons. The zero-order chi connectivity index (χ0) is 19.0. The average molecular weight is 431 g/mol. The molecule has 2 aromatic heterocycles. The predicted octanol–water partition coefficient (Wildman–Crippen LogP) is 3.39. The van der Waals surface area contributed by atoms with Gasteiger partial charge in [-0.3, -0.25) is 9.20 Å². The standard InChI is InChI=1S/C19H19BrN4O3/c1-11(2)16(18-23-22-15-5-3-4-6-24(15)18)21-19(25)12-9-13(20)17-14(10-12)26-7-8-27-17/h3-6,9-11,16H,7-8H2,1-2H3,(H,21,25)/t16-/m0/s1. The first-order valence-electron chi connectivity index (χ1n) is 8.74. The van der Waals surface area contributed by atoms with Crippen LogP contribution in [0.2, 0.25) is 0 Å². The van der Waals surface area contributed by atoms with Crippen LogP contribution in [0.1, 0.15) is 36.1 Å². The minimum atomic E-state index is -0.290. The van der Waals surface area contributed by atoms with Gasteiger partial charge in [-0.25, -0.2) is 0 Å². The summed E-state index contributed by atoms with van der Waals surface area (Å²) in [6.45, 7) is 5.03. The molecule has 8 heteroatoms. The van der Waals surface area contributed by atoms with Crippen molar-refractivity contribution >= 4 is 27.5 Å². The molecule has 1 amide bonds. The van der Waals surface area contributed by atoms with E-state index in [2.05, 4.69) is 31.4 Å². The summed E-state index contributed by atoms with van der Waals surface area (Å²) in [4.78, 5) is 12.9. The van der Waals surface area contributed by atoms with Gasteiger partial charge in [0.25, 0.3) is 5.91 Å². The number of carbonyl (C=O) groups is 1. The number of benzene rings is 1. The van der Waals surface area contributed by atoms with E-state index in [0.29, 0.717) is 40.6 Å². The van der Waals surface area contributed by atoms with E-state index >= 15 is 0 Å². The number of rotatable bonds is 4.